The van der Waals surface area contributed by atoms with Crippen molar-refractivity contribution >= 4 is 11.9 Å². The van der Waals surface area contributed by atoms with Crippen molar-refractivity contribution in [2.45, 2.75) is 44.1 Å². The van der Waals surface area contributed by atoms with Crippen molar-refractivity contribution in [3.05, 3.63) is 35.9 Å². The number of aliphatic carboxylic acids is 1. The highest BCUT2D eigenvalue weighted by Gasteiger charge is 2.54. The SMILES string of the molecule is CC1CC(C(=O)O)CCN1C(=O)C1(c2ccccc2)CC1. The molecule has 2 atom stereocenters. The molecule has 0 spiro atoms. The summed E-state index contributed by atoms with van der Waals surface area (Å²) >= 11 is 0. The Hall–Kier alpha value is -1.84. The molecule has 0 aromatic heterocycles. The third-order valence-electron chi connectivity index (χ3n) is 4.97. The number of nitrogens with zero attached hydrogens (tertiary/aromatic N) is 1. The largest absolute Gasteiger partial charge is 0.481 e. The summed E-state index contributed by atoms with van der Waals surface area (Å²) in [5, 5.41) is 9.13. The maximum absolute atomic E-state index is 12.9. The number of carbonyl (C=O) groups is 2. The molecule has 1 amide bonds. The molecule has 1 heterocycles. The highest BCUT2D eigenvalue weighted by molar-refractivity contribution is 5.91. The summed E-state index contributed by atoms with van der Waals surface area (Å²) in [4.78, 5) is 26.0. The number of carboxylic acids is 1. The lowest BCUT2D eigenvalue weighted by Crippen LogP contribution is -2.49. The van der Waals surface area contributed by atoms with Gasteiger partial charge in [0.25, 0.3) is 0 Å². The van der Waals surface area contributed by atoms with Crippen LogP contribution in [0.2, 0.25) is 0 Å². The van der Waals surface area contributed by atoms with Crippen molar-refractivity contribution in [3.63, 3.8) is 0 Å². The minimum Gasteiger partial charge on any atom is -0.481 e. The van der Waals surface area contributed by atoms with Crippen LogP contribution in [0.25, 0.3) is 0 Å². The van der Waals surface area contributed by atoms with Gasteiger partial charge >= 0.3 is 5.97 Å². The van der Waals surface area contributed by atoms with Crippen LogP contribution in [0, 0.1) is 5.92 Å². The fraction of sp³-hybridized carbons (Fsp3) is 0.529. The fourth-order valence-electron chi connectivity index (χ4n) is 3.48. The molecule has 2 aliphatic rings. The summed E-state index contributed by atoms with van der Waals surface area (Å²) in [6, 6.07) is 9.98. The topological polar surface area (TPSA) is 57.6 Å². The van der Waals surface area contributed by atoms with Crippen LogP contribution < -0.4 is 0 Å². The number of benzene rings is 1. The molecule has 1 aromatic carbocycles. The Morgan fingerprint density at radius 1 is 1.24 bits per heavy atom. The van der Waals surface area contributed by atoms with Gasteiger partial charge in [-0.15, -0.1) is 0 Å². The van der Waals surface area contributed by atoms with Crippen molar-refractivity contribution in [1.82, 2.24) is 4.90 Å². The number of carbonyl (C=O) groups excluding carboxylic acids is 1. The zero-order valence-electron chi connectivity index (χ0n) is 12.3. The summed E-state index contributed by atoms with van der Waals surface area (Å²) < 4.78 is 0. The fourth-order valence-corrected chi connectivity index (χ4v) is 3.48. The van der Waals surface area contributed by atoms with Crippen molar-refractivity contribution in [3.8, 4) is 0 Å². The Labute approximate surface area is 124 Å². The van der Waals surface area contributed by atoms with Gasteiger partial charge in [0.05, 0.1) is 11.3 Å². The molecule has 1 aromatic rings. The van der Waals surface area contributed by atoms with E-state index in [4.69, 9.17) is 5.11 Å². The van der Waals surface area contributed by atoms with Gasteiger partial charge in [0.1, 0.15) is 0 Å². The zero-order valence-corrected chi connectivity index (χ0v) is 12.3. The first-order valence-corrected chi connectivity index (χ1v) is 7.64. The van der Waals surface area contributed by atoms with Crippen molar-refractivity contribution in [1.29, 1.82) is 0 Å². The summed E-state index contributed by atoms with van der Waals surface area (Å²) in [6.45, 7) is 2.53. The smallest absolute Gasteiger partial charge is 0.306 e. The van der Waals surface area contributed by atoms with Crippen molar-refractivity contribution < 1.29 is 14.7 Å². The number of amides is 1. The molecule has 1 saturated heterocycles. The van der Waals surface area contributed by atoms with E-state index < -0.39 is 5.97 Å². The van der Waals surface area contributed by atoms with Crippen LogP contribution in [0.3, 0.4) is 0 Å². The molecule has 4 nitrogen and oxygen atoms in total. The lowest BCUT2D eigenvalue weighted by Gasteiger charge is -2.38. The van der Waals surface area contributed by atoms with E-state index in [9.17, 15) is 9.59 Å². The third kappa shape index (κ3) is 2.43. The monoisotopic (exact) mass is 287 g/mol. The number of carboxylic acid groups (broad SMARTS) is 1. The second-order valence-corrected chi connectivity index (χ2v) is 6.36. The summed E-state index contributed by atoms with van der Waals surface area (Å²) in [7, 11) is 0. The lowest BCUT2D eigenvalue weighted by molar-refractivity contribution is -0.148. The standard InChI is InChI=1S/C17H21NO3/c1-12-11-13(15(19)20)7-10-18(12)16(21)17(8-9-17)14-5-3-2-4-6-14/h2-6,12-13H,7-11H2,1H3,(H,19,20). The zero-order chi connectivity index (χ0) is 15.0. The number of rotatable bonds is 3. The van der Waals surface area contributed by atoms with Gasteiger partial charge in [-0.25, -0.2) is 0 Å². The molecule has 21 heavy (non-hydrogen) atoms. The Bertz CT molecular complexity index is 550. The average molecular weight is 287 g/mol. The van der Waals surface area contributed by atoms with Crippen LogP contribution in [0.5, 0.6) is 0 Å². The molecule has 0 radical (unpaired) electrons. The Kier molecular flexibility index (Phi) is 3.47. The normalized spacial score (nSPS) is 27.2. The maximum atomic E-state index is 12.9. The molecule has 1 aliphatic carbocycles. The number of piperidine rings is 1. The van der Waals surface area contributed by atoms with Gasteiger partial charge in [0.2, 0.25) is 5.91 Å². The molecule has 0 bridgehead atoms. The Morgan fingerprint density at radius 2 is 1.90 bits per heavy atom. The molecular weight excluding hydrogens is 266 g/mol. The predicted octanol–water partition coefficient (Wildman–Crippen LogP) is 2.43. The number of hydrogen-bond acceptors (Lipinski definition) is 2. The maximum Gasteiger partial charge on any atom is 0.306 e. The molecule has 1 saturated carbocycles. The van der Waals surface area contributed by atoms with E-state index >= 15 is 0 Å². The van der Waals surface area contributed by atoms with Gasteiger partial charge in [-0.2, -0.15) is 0 Å². The van der Waals surface area contributed by atoms with E-state index in [1.54, 1.807) is 0 Å². The van der Waals surface area contributed by atoms with Gasteiger partial charge in [0.15, 0.2) is 0 Å². The Morgan fingerprint density at radius 3 is 2.43 bits per heavy atom. The van der Waals surface area contributed by atoms with E-state index in [0.29, 0.717) is 19.4 Å². The van der Waals surface area contributed by atoms with Gasteiger partial charge < -0.3 is 10.0 Å². The van der Waals surface area contributed by atoms with Crippen LogP contribution in [0.4, 0.5) is 0 Å². The highest BCUT2D eigenvalue weighted by atomic mass is 16.4. The minimum absolute atomic E-state index is 0.00790. The van der Waals surface area contributed by atoms with E-state index in [-0.39, 0.29) is 23.3 Å². The molecule has 3 rings (SSSR count). The summed E-state index contributed by atoms with van der Waals surface area (Å²) in [5.74, 6) is -0.862. The Balaban J connectivity index is 1.76. The van der Waals surface area contributed by atoms with Crippen LogP contribution in [-0.4, -0.2) is 34.5 Å². The molecule has 1 N–H and O–H groups in total. The minimum atomic E-state index is -0.738. The highest BCUT2D eigenvalue weighted by Crippen LogP contribution is 2.50. The molecule has 4 heteroatoms. The van der Waals surface area contributed by atoms with Crippen LogP contribution in [0.15, 0.2) is 30.3 Å². The quantitative estimate of drug-likeness (QED) is 0.929. The average Bonchev–Trinajstić information content (AvgIpc) is 3.29. The van der Waals surface area contributed by atoms with Crippen molar-refractivity contribution in [2.75, 3.05) is 6.54 Å². The number of likely N-dealkylation sites (tertiary alicyclic amines) is 1. The van der Waals surface area contributed by atoms with E-state index in [0.717, 1.165) is 18.4 Å². The summed E-state index contributed by atoms with van der Waals surface area (Å²) in [5.41, 5.74) is 0.758. The summed E-state index contributed by atoms with van der Waals surface area (Å²) in [6.07, 6.45) is 2.94. The van der Waals surface area contributed by atoms with Gasteiger partial charge in [-0.05, 0) is 38.2 Å². The molecule has 2 fully saturated rings. The van der Waals surface area contributed by atoms with E-state index in [1.807, 2.05) is 42.2 Å². The third-order valence-corrected chi connectivity index (χ3v) is 4.97. The van der Waals surface area contributed by atoms with Crippen LogP contribution >= 0.6 is 0 Å². The van der Waals surface area contributed by atoms with Crippen LogP contribution in [0.1, 0.15) is 38.2 Å². The van der Waals surface area contributed by atoms with E-state index in [1.165, 1.54) is 0 Å². The molecule has 2 unspecified atom stereocenters. The first kappa shape index (κ1) is 14.1. The van der Waals surface area contributed by atoms with Gasteiger partial charge in [-0.3, -0.25) is 9.59 Å². The molecular formula is C17H21NO3. The van der Waals surface area contributed by atoms with Crippen molar-refractivity contribution in [2.24, 2.45) is 5.92 Å². The van der Waals surface area contributed by atoms with E-state index in [2.05, 4.69) is 0 Å². The molecule has 112 valence electrons. The van der Waals surface area contributed by atoms with Gasteiger partial charge in [0, 0.05) is 12.6 Å². The second kappa shape index (κ2) is 5.17. The molecule has 1 aliphatic heterocycles. The first-order valence-electron chi connectivity index (χ1n) is 7.64. The lowest BCUT2D eigenvalue weighted by atomic mass is 9.88. The van der Waals surface area contributed by atoms with Gasteiger partial charge in [-0.1, -0.05) is 30.3 Å². The predicted molar refractivity (Wildman–Crippen MR) is 78.9 cm³/mol. The first-order chi connectivity index (χ1) is 10.0. The number of hydrogen-bond donors (Lipinski definition) is 1. The second-order valence-electron chi connectivity index (χ2n) is 6.36. The van der Waals surface area contributed by atoms with Crippen LogP contribution in [-0.2, 0) is 15.0 Å².